The van der Waals surface area contributed by atoms with Gasteiger partial charge in [-0.05, 0) is 13.8 Å². The van der Waals surface area contributed by atoms with Crippen molar-refractivity contribution in [2.24, 2.45) is 0 Å². The summed E-state index contributed by atoms with van der Waals surface area (Å²) >= 11 is 0. The monoisotopic (exact) mass is 373 g/mol. The third-order valence-electron chi connectivity index (χ3n) is 0. The van der Waals surface area contributed by atoms with E-state index in [0.717, 1.165) is 20.8 Å². The van der Waals surface area contributed by atoms with Crippen molar-refractivity contribution in [1.29, 1.82) is 0 Å². The second kappa shape index (κ2) is 17.3. The van der Waals surface area contributed by atoms with Gasteiger partial charge in [-0.3, -0.25) is 4.79 Å². The minimum Gasteiger partial charge on any atom is -0.550 e. The fourth-order valence-electron chi connectivity index (χ4n) is 0. The summed E-state index contributed by atoms with van der Waals surface area (Å²) in [4.78, 5) is 26.8. The van der Waals surface area contributed by atoms with Crippen molar-refractivity contribution in [3.63, 3.8) is 0 Å². The number of carbonyl (C=O) groups is 3. The van der Waals surface area contributed by atoms with Gasteiger partial charge in [0.05, 0.1) is 0 Å². The molecular weight excluding hydrogens is 363 g/mol. The Morgan fingerprint density at radius 3 is 0.923 bits per heavy atom. The van der Waals surface area contributed by atoms with Crippen LogP contribution in [0.1, 0.15) is 20.8 Å². The van der Waals surface area contributed by atoms with Crippen LogP contribution in [0, 0.1) is 0 Å². The normalized spacial score (nSPS) is 5.77. The van der Waals surface area contributed by atoms with Crippen LogP contribution in [0.25, 0.3) is 0 Å². The molecule has 0 amide bonds. The molecule has 13 heavy (non-hydrogen) atoms. The van der Waals surface area contributed by atoms with E-state index in [9.17, 15) is 0 Å². The van der Waals surface area contributed by atoms with E-state index in [4.69, 9.17) is 29.7 Å². The molecule has 0 aliphatic heterocycles. The van der Waals surface area contributed by atoms with E-state index >= 15 is 0 Å². The summed E-state index contributed by atoms with van der Waals surface area (Å²) in [7, 11) is 0. The molecule has 0 aliphatic rings. The van der Waals surface area contributed by atoms with Gasteiger partial charge in [-0.2, -0.15) is 0 Å². The van der Waals surface area contributed by atoms with Gasteiger partial charge in [0.25, 0.3) is 5.97 Å². The Hall–Kier alpha value is -0.902. The third kappa shape index (κ3) is 1130. The molecule has 0 fully saturated rings. The van der Waals surface area contributed by atoms with E-state index in [1.807, 2.05) is 0 Å². The fraction of sp³-hybridized carbons (Fsp3) is 0.500. The first-order valence-electron chi connectivity index (χ1n) is 2.74. The molecule has 80 valence electrons. The van der Waals surface area contributed by atoms with Crippen LogP contribution < -0.4 is 10.2 Å². The summed E-state index contributed by atoms with van der Waals surface area (Å²) in [6.07, 6.45) is 0. The molecule has 0 aromatic carbocycles. The van der Waals surface area contributed by atoms with Crippen molar-refractivity contribution in [2.45, 2.75) is 20.8 Å². The molecular formula is C6H10O6Pt. The quantitative estimate of drug-likeness (QED) is 0.506. The van der Waals surface area contributed by atoms with Crippen LogP contribution in [0.5, 0.6) is 0 Å². The van der Waals surface area contributed by atoms with Gasteiger partial charge in [-0.25, -0.2) is 0 Å². The van der Waals surface area contributed by atoms with E-state index in [-0.39, 0.29) is 21.1 Å². The van der Waals surface area contributed by atoms with E-state index in [1.54, 1.807) is 0 Å². The smallest absolute Gasteiger partial charge is 0.550 e. The van der Waals surface area contributed by atoms with Crippen LogP contribution in [-0.4, -0.2) is 23.0 Å². The van der Waals surface area contributed by atoms with Crippen molar-refractivity contribution in [3.05, 3.63) is 0 Å². The molecule has 0 aliphatic carbocycles. The van der Waals surface area contributed by atoms with Crippen LogP contribution >= 0.6 is 0 Å². The molecule has 0 radical (unpaired) electrons. The molecule has 0 aromatic heterocycles. The third-order valence-corrected chi connectivity index (χ3v) is 0. The number of rotatable bonds is 0. The van der Waals surface area contributed by atoms with E-state index in [0.29, 0.717) is 0 Å². The molecule has 1 N–H and O–H groups in total. The summed E-state index contributed by atoms with van der Waals surface area (Å²) in [5, 5.41) is 25.2. The van der Waals surface area contributed by atoms with Crippen molar-refractivity contribution in [1.82, 2.24) is 0 Å². The number of aliphatic carboxylic acids is 3. The molecule has 0 bridgehead atoms. The van der Waals surface area contributed by atoms with Crippen molar-refractivity contribution < 1.29 is 50.8 Å². The summed E-state index contributed by atoms with van der Waals surface area (Å²) in [6, 6.07) is 0. The standard InChI is InChI=1S/3C2H4O2.Pt/c3*1-2(3)4;/h3*1H3,(H,3,4);/q;;;+2/p-2. The molecule has 7 heteroatoms. The van der Waals surface area contributed by atoms with Gasteiger partial charge in [0, 0.05) is 18.9 Å². The first-order chi connectivity index (χ1) is 5.20. The average Bonchev–Trinajstić information content (AvgIpc) is 1.54. The first-order valence-corrected chi connectivity index (χ1v) is 2.74. The fourth-order valence-corrected chi connectivity index (χ4v) is 0. The Morgan fingerprint density at radius 2 is 0.923 bits per heavy atom. The zero-order valence-electron chi connectivity index (χ0n) is 7.30. The Labute approximate surface area is 89.8 Å². The zero-order chi connectivity index (χ0) is 10.7. The summed E-state index contributed by atoms with van der Waals surface area (Å²) in [5.41, 5.74) is 0. The Morgan fingerprint density at radius 1 is 0.923 bits per heavy atom. The van der Waals surface area contributed by atoms with Crippen LogP contribution in [0.3, 0.4) is 0 Å². The Kier molecular flexibility index (Phi) is 30.2. The average molecular weight is 373 g/mol. The van der Waals surface area contributed by atoms with Crippen LogP contribution in [0.15, 0.2) is 0 Å². The molecule has 0 saturated carbocycles. The van der Waals surface area contributed by atoms with Gasteiger partial charge in [-0.1, -0.05) is 0 Å². The molecule has 0 rings (SSSR count). The maximum absolute atomic E-state index is 9.00. The number of hydrogen-bond acceptors (Lipinski definition) is 5. The topological polar surface area (TPSA) is 118 Å². The van der Waals surface area contributed by atoms with Crippen molar-refractivity contribution in [3.8, 4) is 0 Å². The van der Waals surface area contributed by atoms with Crippen LogP contribution in [-0.2, 0) is 35.4 Å². The van der Waals surface area contributed by atoms with Crippen LogP contribution in [0.2, 0.25) is 0 Å². The summed E-state index contributed by atoms with van der Waals surface area (Å²) < 4.78 is 0. The molecule has 6 nitrogen and oxygen atoms in total. The van der Waals surface area contributed by atoms with Crippen molar-refractivity contribution in [2.75, 3.05) is 0 Å². The second-order valence-corrected chi connectivity index (χ2v) is 1.50. The Balaban J connectivity index is -0.0000000450. The maximum Gasteiger partial charge on any atom is 2.00 e. The van der Waals surface area contributed by atoms with E-state index in [2.05, 4.69) is 0 Å². The van der Waals surface area contributed by atoms with Gasteiger partial charge in [0.15, 0.2) is 0 Å². The van der Waals surface area contributed by atoms with Gasteiger partial charge in [0.2, 0.25) is 0 Å². The predicted octanol–water partition coefficient (Wildman–Crippen LogP) is -2.40. The van der Waals surface area contributed by atoms with Gasteiger partial charge in [-0.15, -0.1) is 0 Å². The van der Waals surface area contributed by atoms with E-state index in [1.165, 1.54) is 0 Å². The minimum absolute atomic E-state index is 0. The van der Waals surface area contributed by atoms with Crippen molar-refractivity contribution >= 4 is 17.9 Å². The molecule has 0 aromatic rings. The number of carboxylic acids is 3. The number of carbonyl (C=O) groups excluding carboxylic acids is 2. The predicted molar refractivity (Wildman–Crippen MR) is 34.7 cm³/mol. The maximum atomic E-state index is 9.00. The summed E-state index contributed by atoms with van der Waals surface area (Å²) in [6.45, 7) is 3.03. The van der Waals surface area contributed by atoms with Crippen LogP contribution in [0.4, 0.5) is 0 Å². The van der Waals surface area contributed by atoms with Gasteiger partial charge < -0.3 is 24.9 Å². The molecule has 0 unspecified atom stereocenters. The minimum atomic E-state index is -1.08. The molecule has 0 heterocycles. The van der Waals surface area contributed by atoms with Gasteiger partial charge >= 0.3 is 21.1 Å². The van der Waals surface area contributed by atoms with Gasteiger partial charge in [0.1, 0.15) is 0 Å². The largest absolute Gasteiger partial charge is 2.00 e. The van der Waals surface area contributed by atoms with E-state index < -0.39 is 17.9 Å². The zero-order valence-corrected chi connectivity index (χ0v) is 9.58. The SMILES string of the molecule is CC(=O)O.CC(=O)[O-].CC(=O)[O-].[Pt+2]. The first kappa shape index (κ1) is 22.7. The second-order valence-electron chi connectivity index (χ2n) is 1.50. The molecule has 0 saturated heterocycles. The number of hydrogen-bond donors (Lipinski definition) is 1. The summed E-state index contributed by atoms with van der Waals surface area (Å²) in [5.74, 6) is -3.00. The Bertz CT molecular complexity index is 115. The number of carboxylic acid groups (broad SMARTS) is 3. The molecule has 0 atom stereocenters. The molecule has 0 spiro atoms.